The van der Waals surface area contributed by atoms with Gasteiger partial charge in [0.05, 0.1) is 0 Å². The van der Waals surface area contributed by atoms with E-state index in [4.69, 9.17) is 0 Å². The molecule has 0 radical (unpaired) electrons. The molecule has 1 N–H and O–H groups in total. The van der Waals surface area contributed by atoms with Crippen LogP contribution in [-0.4, -0.2) is 7.05 Å². The molecule has 0 spiro atoms. The third-order valence-corrected chi connectivity index (χ3v) is 4.72. The lowest BCUT2D eigenvalue weighted by Gasteiger charge is -2.24. The quantitative estimate of drug-likeness (QED) is 0.614. The highest BCUT2D eigenvalue weighted by molar-refractivity contribution is 5.45. The van der Waals surface area contributed by atoms with Crippen LogP contribution in [0.1, 0.15) is 79.3 Å². The maximum Gasteiger partial charge on any atom is 0.0322 e. The first kappa shape index (κ1) is 17.2. The van der Waals surface area contributed by atoms with Gasteiger partial charge in [-0.1, -0.05) is 45.1 Å². The van der Waals surface area contributed by atoms with Crippen molar-refractivity contribution in [3.8, 4) is 0 Å². The predicted molar refractivity (Wildman–Crippen MR) is 90.6 cm³/mol. The van der Waals surface area contributed by atoms with Gasteiger partial charge >= 0.3 is 0 Å². The Hall–Kier alpha value is -0.820. The molecule has 0 saturated carbocycles. The van der Waals surface area contributed by atoms with Gasteiger partial charge in [-0.25, -0.2) is 0 Å². The van der Waals surface area contributed by atoms with Gasteiger partial charge in [0, 0.05) is 6.04 Å². The van der Waals surface area contributed by atoms with E-state index in [-0.39, 0.29) is 0 Å². The first-order chi connectivity index (χ1) is 9.52. The molecule has 1 atom stereocenters. The van der Waals surface area contributed by atoms with Crippen molar-refractivity contribution in [1.82, 2.24) is 5.32 Å². The van der Waals surface area contributed by atoms with Crippen molar-refractivity contribution in [2.45, 2.75) is 79.2 Å². The van der Waals surface area contributed by atoms with Crippen LogP contribution in [0, 0.1) is 27.7 Å². The zero-order valence-electron chi connectivity index (χ0n) is 14.4. The Kier molecular flexibility index (Phi) is 7.29. The van der Waals surface area contributed by atoms with Crippen LogP contribution in [-0.2, 0) is 0 Å². The van der Waals surface area contributed by atoms with E-state index < -0.39 is 0 Å². The van der Waals surface area contributed by atoms with Crippen molar-refractivity contribution in [2.24, 2.45) is 0 Å². The SMILES string of the molecule is CCCCCCCC(NC)c1c(C)c(C)cc(C)c1C. The number of benzene rings is 1. The summed E-state index contributed by atoms with van der Waals surface area (Å²) < 4.78 is 0. The molecular formula is C19H33N. The summed E-state index contributed by atoms with van der Waals surface area (Å²) in [7, 11) is 2.10. The Bertz CT molecular complexity index is 394. The lowest BCUT2D eigenvalue weighted by Crippen LogP contribution is -2.19. The lowest BCUT2D eigenvalue weighted by atomic mass is 9.87. The van der Waals surface area contributed by atoms with Gasteiger partial charge in [-0.2, -0.15) is 0 Å². The Labute approximate surface area is 126 Å². The summed E-state index contributed by atoms with van der Waals surface area (Å²) >= 11 is 0. The first-order valence-electron chi connectivity index (χ1n) is 8.27. The molecule has 0 aliphatic rings. The Morgan fingerprint density at radius 1 is 0.900 bits per heavy atom. The zero-order valence-corrected chi connectivity index (χ0v) is 14.4. The molecule has 0 aliphatic carbocycles. The molecule has 20 heavy (non-hydrogen) atoms. The van der Waals surface area contributed by atoms with Crippen molar-refractivity contribution < 1.29 is 0 Å². The standard InChI is InChI=1S/C19H33N/c1-7-8-9-10-11-12-18(20-6)19-16(4)14(2)13-15(3)17(19)5/h13,18,20H,7-12H2,1-6H3. The van der Waals surface area contributed by atoms with E-state index >= 15 is 0 Å². The molecule has 1 aromatic carbocycles. The molecule has 1 nitrogen and oxygen atoms in total. The minimum atomic E-state index is 0.509. The summed E-state index contributed by atoms with van der Waals surface area (Å²) in [4.78, 5) is 0. The van der Waals surface area contributed by atoms with Gasteiger partial charge in [-0.3, -0.25) is 0 Å². The number of hydrogen-bond donors (Lipinski definition) is 1. The topological polar surface area (TPSA) is 12.0 Å². The minimum absolute atomic E-state index is 0.509. The van der Waals surface area contributed by atoms with Gasteiger partial charge in [0.1, 0.15) is 0 Å². The van der Waals surface area contributed by atoms with Gasteiger partial charge < -0.3 is 5.32 Å². The van der Waals surface area contributed by atoms with E-state index in [1.54, 1.807) is 5.56 Å². The Morgan fingerprint density at radius 3 is 1.95 bits per heavy atom. The smallest absolute Gasteiger partial charge is 0.0322 e. The van der Waals surface area contributed by atoms with Crippen molar-refractivity contribution in [1.29, 1.82) is 0 Å². The van der Waals surface area contributed by atoms with Gasteiger partial charge in [0.25, 0.3) is 0 Å². The van der Waals surface area contributed by atoms with Crippen LogP contribution in [0.25, 0.3) is 0 Å². The predicted octanol–water partition coefficient (Wildman–Crippen LogP) is 5.54. The molecule has 0 aliphatic heterocycles. The van der Waals surface area contributed by atoms with E-state index in [9.17, 15) is 0 Å². The van der Waals surface area contributed by atoms with E-state index in [2.05, 4.69) is 53.0 Å². The largest absolute Gasteiger partial charge is 0.313 e. The normalized spacial score (nSPS) is 12.7. The van der Waals surface area contributed by atoms with Gasteiger partial charge in [-0.15, -0.1) is 0 Å². The highest BCUT2D eigenvalue weighted by Gasteiger charge is 2.16. The molecular weight excluding hydrogens is 242 g/mol. The summed E-state index contributed by atoms with van der Waals surface area (Å²) in [5, 5.41) is 3.55. The monoisotopic (exact) mass is 275 g/mol. The van der Waals surface area contributed by atoms with Crippen LogP contribution >= 0.6 is 0 Å². The number of unbranched alkanes of at least 4 members (excludes halogenated alkanes) is 4. The van der Waals surface area contributed by atoms with E-state index in [1.807, 2.05) is 0 Å². The fourth-order valence-corrected chi connectivity index (χ4v) is 3.16. The number of hydrogen-bond acceptors (Lipinski definition) is 1. The lowest BCUT2D eigenvalue weighted by molar-refractivity contribution is 0.497. The number of rotatable bonds is 8. The van der Waals surface area contributed by atoms with Crippen LogP contribution < -0.4 is 5.32 Å². The highest BCUT2D eigenvalue weighted by atomic mass is 14.9. The Balaban J connectivity index is 2.79. The van der Waals surface area contributed by atoms with Gasteiger partial charge in [-0.05, 0) is 69.0 Å². The fourth-order valence-electron chi connectivity index (χ4n) is 3.16. The Morgan fingerprint density at radius 2 is 1.45 bits per heavy atom. The number of nitrogens with one attached hydrogen (secondary N) is 1. The highest BCUT2D eigenvalue weighted by Crippen LogP contribution is 2.30. The average Bonchev–Trinajstić information content (AvgIpc) is 2.43. The van der Waals surface area contributed by atoms with Crippen molar-refractivity contribution in [3.05, 3.63) is 33.9 Å². The molecule has 1 unspecified atom stereocenters. The maximum absolute atomic E-state index is 3.55. The number of aryl methyl sites for hydroxylation is 2. The fraction of sp³-hybridized carbons (Fsp3) is 0.684. The molecule has 0 bridgehead atoms. The van der Waals surface area contributed by atoms with E-state index in [0.717, 1.165) is 0 Å². The molecule has 1 rings (SSSR count). The van der Waals surface area contributed by atoms with E-state index in [1.165, 1.54) is 60.8 Å². The second kappa shape index (κ2) is 8.46. The molecule has 1 aromatic rings. The molecule has 1 heteroatoms. The van der Waals surface area contributed by atoms with Gasteiger partial charge in [0.15, 0.2) is 0 Å². The van der Waals surface area contributed by atoms with E-state index in [0.29, 0.717) is 6.04 Å². The summed E-state index contributed by atoms with van der Waals surface area (Å²) in [6.45, 7) is 11.3. The van der Waals surface area contributed by atoms with Crippen LogP contribution in [0.4, 0.5) is 0 Å². The molecule has 0 aromatic heterocycles. The summed E-state index contributed by atoms with van der Waals surface area (Å²) in [5.74, 6) is 0. The molecule has 0 amide bonds. The van der Waals surface area contributed by atoms with Crippen molar-refractivity contribution in [2.75, 3.05) is 7.05 Å². The second-order valence-electron chi connectivity index (χ2n) is 6.22. The summed E-state index contributed by atoms with van der Waals surface area (Å²) in [6, 6.07) is 2.83. The van der Waals surface area contributed by atoms with Crippen LogP contribution in [0.3, 0.4) is 0 Å². The summed E-state index contributed by atoms with van der Waals surface area (Å²) in [6.07, 6.45) is 8.05. The molecule has 0 heterocycles. The van der Waals surface area contributed by atoms with Crippen LogP contribution in [0.15, 0.2) is 6.07 Å². The maximum atomic E-state index is 3.55. The average molecular weight is 275 g/mol. The van der Waals surface area contributed by atoms with Crippen molar-refractivity contribution >= 4 is 0 Å². The second-order valence-corrected chi connectivity index (χ2v) is 6.22. The van der Waals surface area contributed by atoms with Gasteiger partial charge in [0.2, 0.25) is 0 Å². The third-order valence-electron chi connectivity index (χ3n) is 4.72. The van der Waals surface area contributed by atoms with Crippen LogP contribution in [0.5, 0.6) is 0 Å². The third kappa shape index (κ3) is 4.34. The zero-order chi connectivity index (χ0) is 15.1. The minimum Gasteiger partial charge on any atom is -0.313 e. The molecule has 114 valence electrons. The van der Waals surface area contributed by atoms with Crippen molar-refractivity contribution in [3.63, 3.8) is 0 Å². The van der Waals surface area contributed by atoms with Crippen LogP contribution in [0.2, 0.25) is 0 Å². The summed E-state index contributed by atoms with van der Waals surface area (Å²) in [5.41, 5.74) is 7.34. The molecule has 0 saturated heterocycles. The molecule has 0 fully saturated rings. The first-order valence-corrected chi connectivity index (χ1v) is 8.27.